The minimum absolute atomic E-state index is 0.396. The van der Waals surface area contributed by atoms with Crippen LogP contribution >= 0.6 is 0 Å². The molecule has 1 aromatic rings. The molecule has 0 aromatic carbocycles. The first-order chi connectivity index (χ1) is 8.08. The number of aromatic nitrogens is 2. The Balaban J connectivity index is 3.05. The Morgan fingerprint density at radius 1 is 1.41 bits per heavy atom. The molecule has 0 saturated carbocycles. The van der Waals surface area contributed by atoms with E-state index in [1.54, 1.807) is 6.08 Å². The summed E-state index contributed by atoms with van der Waals surface area (Å²) in [6, 6.07) is 2.02. The molecule has 0 radical (unpaired) electrons. The van der Waals surface area contributed by atoms with Gasteiger partial charge in [0, 0.05) is 5.69 Å². The van der Waals surface area contributed by atoms with Crippen molar-refractivity contribution in [2.45, 2.75) is 32.6 Å². The number of hydrogen-bond acceptors (Lipinski definition) is 2. The van der Waals surface area contributed by atoms with Gasteiger partial charge in [0.15, 0.2) is 5.82 Å². The second-order valence-electron chi connectivity index (χ2n) is 4.29. The van der Waals surface area contributed by atoms with Gasteiger partial charge in [0.2, 0.25) is 0 Å². The molecule has 0 spiro atoms. The Bertz CT molecular complexity index is 433. The predicted octanol–water partition coefficient (Wildman–Crippen LogP) is 4.22. The zero-order chi connectivity index (χ0) is 12.8. The predicted molar refractivity (Wildman–Crippen MR) is 74.7 cm³/mol. The maximum Gasteiger partial charge on any atom is 0.152 e. The average Bonchev–Trinajstić information content (AvgIpc) is 2.35. The van der Waals surface area contributed by atoms with Crippen LogP contribution in [0.2, 0.25) is 0 Å². The summed E-state index contributed by atoms with van der Waals surface area (Å²) in [5.74, 6) is 1.07. The third-order valence-corrected chi connectivity index (χ3v) is 2.69. The van der Waals surface area contributed by atoms with Crippen LogP contribution < -0.4 is 0 Å². The minimum Gasteiger partial charge on any atom is -0.233 e. The van der Waals surface area contributed by atoms with Crippen molar-refractivity contribution >= 4 is 11.6 Å². The van der Waals surface area contributed by atoms with Gasteiger partial charge in [0.25, 0.3) is 0 Å². The van der Waals surface area contributed by atoms with Crippen molar-refractivity contribution in [3.63, 3.8) is 0 Å². The molecule has 0 aliphatic rings. The van der Waals surface area contributed by atoms with E-state index in [9.17, 15) is 0 Å². The molecule has 0 fully saturated rings. The first-order valence-electron chi connectivity index (χ1n) is 5.86. The lowest BCUT2D eigenvalue weighted by Crippen LogP contribution is -2.03. The van der Waals surface area contributed by atoms with Gasteiger partial charge in [-0.25, -0.2) is 9.97 Å². The lowest BCUT2D eigenvalue weighted by atomic mass is 10.00. The van der Waals surface area contributed by atoms with Gasteiger partial charge < -0.3 is 0 Å². The van der Waals surface area contributed by atoms with Crippen molar-refractivity contribution in [2.24, 2.45) is 0 Å². The van der Waals surface area contributed by atoms with Crippen LogP contribution in [-0.2, 0) is 0 Å². The van der Waals surface area contributed by atoms with E-state index in [2.05, 4.69) is 36.6 Å². The van der Waals surface area contributed by atoms with E-state index in [0.29, 0.717) is 11.7 Å². The molecule has 0 aliphatic carbocycles. The standard InChI is InChI=1S/C15H20N2/c1-6-8-9-12(5)14-10-13(11(3)4)16-15(7-2)17-14/h6-7,10,12H,1-3,8-9H2,4-5H3. The van der Waals surface area contributed by atoms with E-state index in [4.69, 9.17) is 0 Å². The Morgan fingerprint density at radius 3 is 2.65 bits per heavy atom. The van der Waals surface area contributed by atoms with Gasteiger partial charge in [-0.2, -0.15) is 0 Å². The van der Waals surface area contributed by atoms with Crippen molar-refractivity contribution in [3.05, 3.63) is 49.1 Å². The Morgan fingerprint density at radius 2 is 2.12 bits per heavy atom. The maximum atomic E-state index is 4.48. The fraction of sp³-hybridized carbons (Fsp3) is 0.333. The highest BCUT2D eigenvalue weighted by Crippen LogP contribution is 2.21. The quantitative estimate of drug-likeness (QED) is 0.681. The lowest BCUT2D eigenvalue weighted by Gasteiger charge is -2.12. The smallest absolute Gasteiger partial charge is 0.152 e. The summed E-state index contributed by atoms with van der Waals surface area (Å²) < 4.78 is 0. The Kier molecular flexibility index (Phi) is 4.83. The van der Waals surface area contributed by atoms with Crippen LogP contribution in [0.1, 0.15) is 49.8 Å². The van der Waals surface area contributed by atoms with Crippen LogP contribution in [0.3, 0.4) is 0 Å². The van der Waals surface area contributed by atoms with Crippen LogP contribution in [0, 0.1) is 0 Å². The third kappa shape index (κ3) is 3.66. The second kappa shape index (κ2) is 6.14. The third-order valence-electron chi connectivity index (χ3n) is 2.69. The second-order valence-corrected chi connectivity index (χ2v) is 4.29. The molecule has 1 heterocycles. The van der Waals surface area contributed by atoms with Crippen LogP contribution in [0.4, 0.5) is 0 Å². The molecule has 2 heteroatoms. The molecule has 1 aromatic heterocycles. The largest absolute Gasteiger partial charge is 0.233 e. The summed E-state index contributed by atoms with van der Waals surface area (Å²) in [7, 11) is 0. The van der Waals surface area contributed by atoms with Crippen molar-refractivity contribution in [2.75, 3.05) is 0 Å². The first kappa shape index (κ1) is 13.4. The minimum atomic E-state index is 0.396. The summed E-state index contributed by atoms with van der Waals surface area (Å²) in [5.41, 5.74) is 2.90. The van der Waals surface area contributed by atoms with Crippen LogP contribution in [0.15, 0.2) is 31.9 Å². The number of hydrogen-bond donors (Lipinski definition) is 0. The summed E-state index contributed by atoms with van der Waals surface area (Å²) in [6.07, 6.45) is 5.66. The van der Waals surface area contributed by atoms with Gasteiger partial charge in [-0.05, 0) is 43.4 Å². The van der Waals surface area contributed by atoms with E-state index >= 15 is 0 Å². The molecular weight excluding hydrogens is 208 g/mol. The van der Waals surface area contributed by atoms with Gasteiger partial charge in [0.1, 0.15) is 0 Å². The Hall–Kier alpha value is -1.70. The van der Waals surface area contributed by atoms with Crippen molar-refractivity contribution < 1.29 is 0 Å². The van der Waals surface area contributed by atoms with Crippen molar-refractivity contribution in [1.29, 1.82) is 0 Å². The van der Waals surface area contributed by atoms with Crippen LogP contribution in [-0.4, -0.2) is 9.97 Å². The normalized spacial score (nSPS) is 11.9. The maximum absolute atomic E-state index is 4.48. The molecular formula is C15H20N2. The number of allylic oxidation sites excluding steroid dienone is 2. The monoisotopic (exact) mass is 228 g/mol. The molecule has 0 saturated heterocycles. The first-order valence-corrected chi connectivity index (χ1v) is 5.86. The van der Waals surface area contributed by atoms with Crippen LogP contribution in [0.5, 0.6) is 0 Å². The molecule has 0 N–H and O–H groups in total. The number of rotatable bonds is 6. The van der Waals surface area contributed by atoms with Gasteiger partial charge in [-0.1, -0.05) is 26.2 Å². The van der Waals surface area contributed by atoms with E-state index in [-0.39, 0.29) is 0 Å². The zero-order valence-corrected chi connectivity index (χ0v) is 10.7. The van der Waals surface area contributed by atoms with Crippen LogP contribution in [0.25, 0.3) is 11.6 Å². The SMILES string of the molecule is C=CCCC(C)c1cc(C(=C)C)nc(C=C)n1. The fourth-order valence-corrected chi connectivity index (χ4v) is 1.56. The highest BCUT2D eigenvalue weighted by atomic mass is 14.9. The molecule has 0 aliphatic heterocycles. The molecule has 17 heavy (non-hydrogen) atoms. The van der Waals surface area contributed by atoms with Gasteiger partial charge in [0.05, 0.1) is 5.69 Å². The molecule has 0 bridgehead atoms. The van der Waals surface area contributed by atoms with E-state index in [1.165, 1.54) is 0 Å². The van der Waals surface area contributed by atoms with E-state index < -0.39 is 0 Å². The molecule has 1 unspecified atom stereocenters. The number of nitrogens with zero attached hydrogens (tertiary/aromatic N) is 2. The van der Waals surface area contributed by atoms with Gasteiger partial charge in [-0.3, -0.25) is 0 Å². The Labute approximate surface area is 104 Å². The molecule has 0 amide bonds. The highest BCUT2D eigenvalue weighted by Gasteiger charge is 2.10. The molecule has 2 nitrogen and oxygen atoms in total. The highest BCUT2D eigenvalue weighted by molar-refractivity contribution is 5.59. The zero-order valence-electron chi connectivity index (χ0n) is 10.7. The van der Waals surface area contributed by atoms with E-state index in [1.807, 2.05) is 19.1 Å². The summed E-state index contributed by atoms with van der Waals surface area (Å²) in [4.78, 5) is 8.85. The summed E-state index contributed by atoms with van der Waals surface area (Å²) in [5, 5.41) is 0. The molecule has 1 atom stereocenters. The van der Waals surface area contributed by atoms with E-state index in [0.717, 1.165) is 29.8 Å². The van der Waals surface area contributed by atoms with Crippen molar-refractivity contribution in [1.82, 2.24) is 9.97 Å². The van der Waals surface area contributed by atoms with Gasteiger partial charge >= 0.3 is 0 Å². The fourth-order valence-electron chi connectivity index (χ4n) is 1.56. The lowest BCUT2D eigenvalue weighted by molar-refractivity contribution is 0.666. The topological polar surface area (TPSA) is 25.8 Å². The summed E-state index contributed by atoms with van der Waals surface area (Å²) in [6.45, 7) is 15.5. The van der Waals surface area contributed by atoms with Crippen molar-refractivity contribution in [3.8, 4) is 0 Å². The molecule has 90 valence electrons. The van der Waals surface area contributed by atoms with Gasteiger partial charge in [-0.15, -0.1) is 6.58 Å². The summed E-state index contributed by atoms with van der Waals surface area (Å²) >= 11 is 0. The average molecular weight is 228 g/mol. The molecule has 1 rings (SSSR count).